The van der Waals surface area contributed by atoms with Crippen molar-refractivity contribution in [2.24, 2.45) is 11.3 Å². The quantitative estimate of drug-likeness (QED) is 0.596. The molecule has 1 aliphatic rings. The van der Waals surface area contributed by atoms with E-state index in [1.807, 2.05) is 48.3 Å². The number of hydrogen-bond acceptors (Lipinski definition) is 6. The highest BCUT2D eigenvalue weighted by Gasteiger charge is 2.65. The molecule has 0 bridgehead atoms. The number of esters is 2. The molecule has 2 heterocycles. The predicted octanol–water partition coefficient (Wildman–Crippen LogP) is 2.26. The molecule has 0 saturated carbocycles. The molecule has 2 aromatic rings. The molecular formula is C21H24N2O4. The minimum atomic E-state index is -1.46. The number of hydrogen-bond donors (Lipinski definition) is 0. The van der Waals surface area contributed by atoms with Crippen LogP contribution in [-0.4, -0.2) is 49.6 Å². The third-order valence-electron chi connectivity index (χ3n) is 5.40. The zero-order chi connectivity index (χ0) is 19.4. The summed E-state index contributed by atoms with van der Waals surface area (Å²) < 4.78 is 10.3. The summed E-state index contributed by atoms with van der Waals surface area (Å²) in [7, 11) is 4.53. The lowest BCUT2D eigenvalue weighted by Gasteiger charge is -2.35. The van der Waals surface area contributed by atoms with Crippen LogP contribution in [0.25, 0.3) is 0 Å². The van der Waals surface area contributed by atoms with Gasteiger partial charge in [0.2, 0.25) is 0 Å². The van der Waals surface area contributed by atoms with E-state index in [1.54, 1.807) is 18.5 Å². The van der Waals surface area contributed by atoms with Crippen LogP contribution in [0.2, 0.25) is 0 Å². The van der Waals surface area contributed by atoms with Crippen LogP contribution in [0.5, 0.6) is 0 Å². The van der Waals surface area contributed by atoms with Gasteiger partial charge < -0.3 is 9.47 Å². The predicted molar refractivity (Wildman–Crippen MR) is 99.7 cm³/mol. The Kier molecular flexibility index (Phi) is 5.56. The lowest BCUT2D eigenvalue weighted by Crippen LogP contribution is -2.49. The molecule has 1 fully saturated rings. The Labute approximate surface area is 159 Å². The fourth-order valence-corrected chi connectivity index (χ4v) is 4.32. The molecule has 1 saturated heterocycles. The Morgan fingerprint density at radius 2 is 1.78 bits per heavy atom. The fraction of sp³-hybridized carbons (Fsp3) is 0.381. The summed E-state index contributed by atoms with van der Waals surface area (Å²) in [5.74, 6) is -1.45. The number of pyridine rings is 1. The van der Waals surface area contributed by atoms with Crippen LogP contribution >= 0.6 is 0 Å². The first kappa shape index (κ1) is 19.0. The summed E-state index contributed by atoms with van der Waals surface area (Å²) in [6.45, 7) is 0.554. The van der Waals surface area contributed by atoms with E-state index in [0.717, 1.165) is 11.1 Å². The Balaban J connectivity index is 2.14. The molecule has 0 N–H and O–H groups in total. The van der Waals surface area contributed by atoms with E-state index in [0.29, 0.717) is 13.0 Å². The third-order valence-corrected chi connectivity index (χ3v) is 5.40. The van der Waals surface area contributed by atoms with Crippen LogP contribution in [0.4, 0.5) is 0 Å². The standard InChI is InChI=1S/C21H24N2O4/c1-23-14-17(12-15-8-5-4-6-9-15)21(19(24)26-2,20(25)27-3)18(23)16-10-7-11-22-13-16/h4-11,13,17-18H,12,14H2,1-3H3/t17-,18+/m1/s1. The van der Waals surface area contributed by atoms with E-state index < -0.39 is 23.4 Å². The first-order valence-electron chi connectivity index (χ1n) is 8.86. The van der Waals surface area contributed by atoms with E-state index >= 15 is 0 Å². The number of carbonyl (C=O) groups is 2. The Bertz CT molecular complexity index is 778. The number of benzene rings is 1. The van der Waals surface area contributed by atoms with Crippen molar-refractivity contribution in [3.05, 3.63) is 66.0 Å². The van der Waals surface area contributed by atoms with Gasteiger partial charge in [0.1, 0.15) is 0 Å². The summed E-state index contributed by atoms with van der Waals surface area (Å²) in [6, 6.07) is 13.0. The summed E-state index contributed by atoms with van der Waals surface area (Å²) >= 11 is 0. The van der Waals surface area contributed by atoms with Gasteiger partial charge in [0.25, 0.3) is 0 Å². The summed E-state index contributed by atoms with van der Waals surface area (Å²) in [5, 5.41) is 0. The maximum absolute atomic E-state index is 13.1. The van der Waals surface area contributed by atoms with Crippen molar-refractivity contribution in [2.45, 2.75) is 12.5 Å². The second-order valence-electron chi connectivity index (χ2n) is 6.87. The lowest BCUT2D eigenvalue weighted by atomic mass is 9.69. The Morgan fingerprint density at radius 1 is 1.11 bits per heavy atom. The van der Waals surface area contributed by atoms with E-state index in [-0.39, 0.29) is 5.92 Å². The largest absolute Gasteiger partial charge is 0.468 e. The molecule has 6 heteroatoms. The van der Waals surface area contributed by atoms with Crippen molar-refractivity contribution < 1.29 is 19.1 Å². The van der Waals surface area contributed by atoms with Gasteiger partial charge in [-0.1, -0.05) is 36.4 Å². The highest BCUT2D eigenvalue weighted by molar-refractivity contribution is 6.02. The van der Waals surface area contributed by atoms with Gasteiger partial charge in [0.05, 0.1) is 20.3 Å². The van der Waals surface area contributed by atoms with Crippen LogP contribution in [0.3, 0.4) is 0 Å². The van der Waals surface area contributed by atoms with Gasteiger partial charge in [0, 0.05) is 24.9 Å². The number of nitrogens with zero attached hydrogens (tertiary/aromatic N) is 2. The van der Waals surface area contributed by atoms with Crippen molar-refractivity contribution in [2.75, 3.05) is 27.8 Å². The molecule has 0 spiro atoms. The average molecular weight is 368 g/mol. The Morgan fingerprint density at radius 3 is 2.33 bits per heavy atom. The minimum absolute atomic E-state index is 0.296. The first-order valence-corrected chi connectivity index (χ1v) is 8.86. The molecule has 0 radical (unpaired) electrons. The maximum atomic E-state index is 13.1. The van der Waals surface area contributed by atoms with Crippen molar-refractivity contribution >= 4 is 11.9 Å². The molecule has 142 valence electrons. The number of rotatable bonds is 5. The molecule has 1 aromatic carbocycles. The van der Waals surface area contributed by atoms with E-state index in [4.69, 9.17) is 9.47 Å². The zero-order valence-corrected chi connectivity index (χ0v) is 15.8. The van der Waals surface area contributed by atoms with Gasteiger partial charge >= 0.3 is 11.9 Å². The molecule has 6 nitrogen and oxygen atoms in total. The van der Waals surface area contributed by atoms with Crippen LogP contribution in [0.1, 0.15) is 17.2 Å². The normalized spacial score (nSPS) is 21.6. The van der Waals surface area contributed by atoms with Gasteiger partial charge in [-0.3, -0.25) is 19.5 Å². The number of carbonyl (C=O) groups excluding carboxylic acids is 2. The van der Waals surface area contributed by atoms with Gasteiger partial charge in [-0.05, 0) is 30.7 Å². The minimum Gasteiger partial charge on any atom is -0.468 e. The molecule has 0 amide bonds. The van der Waals surface area contributed by atoms with Crippen LogP contribution < -0.4 is 0 Å². The smallest absolute Gasteiger partial charge is 0.325 e. The highest BCUT2D eigenvalue weighted by atomic mass is 16.5. The summed E-state index contributed by atoms with van der Waals surface area (Å²) in [4.78, 5) is 32.4. The first-order chi connectivity index (χ1) is 13.1. The number of ether oxygens (including phenoxy) is 2. The van der Waals surface area contributed by atoms with Gasteiger partial charge in [-0.15, -0.1) is 0 Å². The lowest BCUT2D eigenvalue weighted by molar-refractivity contribution is -0.174. The van der Waals surface area contributed by atoms with Gasteiger partial charge in [0.15, 0.2) is 5.41 Å². The van der Waals surface area contributed by atoms with E-state index in [9.17, 15) is 9.59 Å². The third kappa shape index (κ3) is 3.21. The molecule has 27 heavy (non-hydrogen) atoms. The number of aromatic nitrogens is 1. The highest BCUT2D eigenvalue weighted by Crippen LogP contribution is 2.52. The fourth-order valence-electron chi connectivity index (χ4n) is 4.32. The SMILES string of the molecule is COC(=O)C1(C(=O)OC)[C@H](Cc2ccccc2)CN(C)[C@H]1c1cccnc1. The van der Waals surface area contributed by atoms with Crippen LogP contribution in [-0.2, 0) is 25.5 Å². The number of likely N-dealkylation sites (tertiary alicyclic amines) is 1. The van der Waals surface area contributed by atoms with E-state index in [1.165, 1.54) is 14.2 Å². The average Bonchev–Trinajstić information content (AvgIpc) is 3.00. The molecule has 0 aliphatic carbocycles. The molecule has 0 unspecified atom stereocenters. The molecule has 2 atom stereocenters. The number of methoxy groups -OCH3 is 2. The molecule has 1 aliphatic heterocycles. The topological polar surface area (TPSA) is 68.7 Å². The van der Waals surface area contributed by atoms with Crippen LogP contribution in [0.15, 0.2) is 54.9 Å². The van der Waals surface area contributed by atoms with E-state index in [2.05, 4.69) is 4.98 Å². The van der Waals surface area contributed by atoms with Crippen molar-refractivity contribution in [3.63, 3.8) is 0 Å². The van der Waals surface area contributed by atoms with Crippen LogP contribution in [0, 0.1) is 11.3 Å². The molecule has 1 aromatic heterocycles. The van der Waals surface area contributed by atoms with Crippen molar-refractivity contribution in [1.82, 2.24) is 9.88 Å². The second-order valence-corrected chi connectivity index (χ2v) is 6.87. The maximum Gasteiger partial charge on any atom is 0.325 e. The Hall–Kier alpha value is -2.73. The zero-order valence-electron chi connectivity index (χ0n) is 15.8. The van der Waals surface area contributed by atoms with Gasteiger partial charge in [-0.25, -0.2) is 0 Å². The second kappa shape index (κ2) is 7.88. The molecule has 3 rings (SSSR count). The summed E-state index contributed by atoms with van der Waals surface area (Å²) in [6.07, 6.45) is 3.91. The van der Waals surface area contributed by atoms with Gasteiger partial charge in [-0.2, -0.15) is 0 Å². The molecular weight excluding hydrogens is 344 g/mol. The summed E-state index contributed by atoms with van der Waals surface area (Å²) in [5.41, 5.74) is 0.378. The monoisotopic (exact) mass is 368 g/mol. The van der Waals surface area contributed by atoms with Crippen molar-refractivity contribution in [3.8, 4) is 0 Å². The van der Waals surface area contributed by atoms with Crippen molar-refractivity contribution in [1.29, 1.82) is 0 Å².